The Morgan fingerprint density at radius 2 is 1.91 bits per heavy atom. The average molecular weight is 330 g/mol. The maximum Gasteiger partial charge on any atom is 0.252 e. The third-order valence-electron chi connectivity index (χ3n) is 3.74. The van der Waals surface area contributed by atoms with E-state index in [1.54, 1.807) is 18.2 Å². The van der Waals surface area contributed by atoms with Gasteiger partial charge in [0.2, 0.25) is 5.91 Å². The van der Waals surface area contributed by atoms with E-state index in [0.717, 1.165) is 11.2 Å². The van der Waals surface area contributed by atoms with Gasteiger partial charge in [-0.25, -0.2) is 0 Å². The van der Waals surface area contributed by atoms with Crippen molar-refractivity contribution in [2.75, 3.05) is 6.54 Å². The van der Waals surface area contributed by atoms with Crippen LogP contribution in [0.4, 0.5) is 0 Å². The maximum atomic E-state index is 12.3. The van der Waals surface area contributed by atoms with Crippen LogP contribution < -0.4 is 10.0 Å². The van der Waals surface area contributed by atoms with E-state index in [4.69, 9.17) is 0 Å². The molecule has 1 N–H and O–H groups in total. The van der Waals surface area contributed by atoms with Crippen molar-refractivity contribution in [2.45, 2.75) is 36.5 Å². The fourth-order valence-electron chi connectivity index (χ4n) is 2.33. The maximum absolute atomic E-state index is 12.3. The smallest absolute Gasteiger partial charge is 0.252 e. The van der Waals surface area contributed by atoms with Crippen LogP contribution in [0.1, 0.15) is 31.7 Å². The van der Waals surface area contributed by atoms with Crippen molar-refractivity contribution in [1.82, 2.24) is 5.32 Å². The molecule has 2 rings (SSSR count). The van der Waals surface area contributed by atoms with Crippen LogP contribution in [0.15, 0.2) is 59.8 Å². The van der Waals surface area contributed by atoms with Gasteiger partial charge < -0.3 is 10.5 Å². The fourth-order valence-corrected chi connectivity index (χ4v) is 3.20. The molecule has 1 aromatic carbocycles. The summed E-state index contributed by atoms with van der Waals surface area (Å²) in [6.45, 7) is 4.54. The standard InChI is InChI=1S/C18H22N2O2S/c1-3-15(16-9-5-4-6-10-16)13-19-18(21)14(2)23-17-11-7-8-12-20(17)22/h4-12,14-15H,3,13H2,1-2H3,(H,19,21)/t14-,15+/m0/s1. The molecule has 1 amide bonds. The second-order valence-electron chi connectivity index (χ2n) is 5.39. The van der Waals surface area contributed by atoms with Gasteiger partial charge in [0.05, 0.1) is 5.25 Å². The van der Waals surface area contributed by atoms with Crippen LogP contribution in [-0.2, 0) is 4.79 Å². The lowest BCUT2D eigenvalue weighted by molar-refractivity contribution is -0.645. The zero-order chi connectivity index (χ0) is 16.7. The molecule has 0 saturated heterocycles. The van der Waals surface area contributed by atoms with E-state index in [-0.39, 0.29) is 11.2 Å². The van der Waals surface area contributed by atoms with E-state index < -0.39 is 0 Å². The molecule has 0 saturated carbocycles. The van der Waals surface area contributed by atoms with Gasteiger partial charge in [0.1, 0.15) is 0 Å². The highest BCUT2D eigenvalue weighted by molar-refractivity contribution is 8.00. The molecule has 0 spiro atoms. The molecule has 1 heterocycles. The molecule has 4 nitrogen and oxygen atoms in total. The van der Waals surface area contributed by atoms with Gasteiger partial charge in [0.25, 0.3) is 5.03 Å². The Labute approximate surface area is 141 Å². The quantitative estimate of drug-likeness (QED) is 0.482. The second-order valence-corrected chi connectivity index (χ2v) is 6.75. The monoisotopic (exact) mass is 330 g/mol. The van der Waals surface area contributed by atoms with Gasteiger partial charge in [-0.3, -0.25) is 4.79 Å². The zero-order valence-corrected chi connectivity index (χ0v) is 14.3. The Kier molecular flexibility index (Phi) is 6.47. The van der Waals surface area contributed by atoms with Gasteiger partial charge in [-0.15, -0.1) is 0 Å². The van der Waals surface area contributed by atoms with Gasteiger partial charge >= 0.3 is 0 Å². The molecule has 5 heteroatoms. The van der Waals surface area contributed by atoms with E-state index in [1.165, 1.54) is 23.5 Å². The van der Waals surface area contributed by atoms with Crippen molar-refractivity contribution >= 4 is 17.7 Å². The Balaban J connectivity index is 1.89. The summed E-state index contributed by atoms with van der Waals surface area (Å²) in [7, 11) is 0. The number of carbonyl (C=O) groups is 1. The largest absolute Gasteiger partial charge is 0.618 e. The molecule has 2 aromatic rings. The summed E-state index contributed by atoms with van der Waals surface area (Å²) >= 11 is 1.27. The number of hydrogen-bond donors (Lipinski definition) is 1. The Morgan fingerprint density at radius 3 is 2.57 bits per heavy atom. The van der Waals surface area contributed by atoms with E-state index in [0.29, 0.717) is 17.5 Å². The van der Waals surface area contributed by atoms with E-state index in [2.05, 4.69) is 24.4 Å². The SMILES string of the molecule is CC[C@H](CNC(=O)[C@H](C)Sc1cccc[n+]1[O-])c1ccccc1. The van der Waals surface area contributed by atoms with E-state index in [9.17, 15) is 10.0 Å². The van der Waals surface area contributed by atoms with Crippen molar-refractivity contribution in [2.24, 2.45) is 0 Å². The summed E-state index contributed by atoms with van der Waals surface area (Å²) in [6.07, 6.45) is 2.40. The topological polar surface area (TPSA) is 56.0 Å². The van der Waals surface area contributed by atoms with Gasteiger partial charge in [-0.05, 0) is 36.7 Å². The first-order valence-corrected chi connectivity index (χ1v) is 8.67. The normalized spacial score (nSPS) is 13.3. The molecule has 2 atom stereocenters. The highest BCUT2D eigenvalue weighted by atomic mass is 32.2. The molecule has 1 aromatic heterocycles. The van der Waals surface area contributed by atoms with Gasteiger partial charge in [0.15, 0.2) is 6.20 Å². The first kappa shape index (κ1) is 17.3. The molecule has 0 unspecified atom stereocenters. The number of carbonyl (C=O) groups excluding carboxylic acids is 1. The van der Waals surface area contributed by atoms with Crippen LogP contribution in [0.5, 0.6) is 0 Å². The number of rotatable bonds is 7. The predicted molar refractivity (Wildman–Crippen MR) is 93.2 cm³/mol. The van der Waals surface area contributed by atoms with Crippen molar-refractivity contribution in [3.05, 3.63) is 65.5 Å². The van der Waals surface area contributed by atoms with Crippen molar-refractivity contribution < 1.29 is 9.52 Å². The third kappa shape index (κ3) is 4.99. The first-order chi connectivity index (χ1) is 11.1. The summed E-state index contributed by atoms with van der Waals surface area (Å²) in [5, 5.41) is 14.9. The third-order valence-corrected chi connectivity index (χ3v) is 4.87. The molecule has 23 heavy (non-hydrogen) atoms. The number of pyridine rings is 1. The number of nitrogens with zero attached hydrogens (tertiary/aromatic N) is 1. The Hall–Kier alpha value is -2.01. The van der Waals surface area contributed by atoms with Crippen molar-refractivity contribution in [3.8, 4) is 0 Å². The predicted octanol–water partition coefficient (Wildman–Crippen LogP) is 3.11. The molecule has 0 bridgehead atoms. The lowest BCUT2D eigenvalue weighted by Gasteiger charge is -2.18. The van der Waals surface area contributed by atoms with Gasteiger partial charge in [-0.2, -0.15) is 4.73 Å². The minimum atomic E-state index is -0.314. The minimum absolute atomic E-state index is 0.0479. The number of benzene rings is 1. The number of hydrogen-bond acceptors (Lipinski definition) is 3. The Morgan fingerprint density at radius 1 is 1.22 bits per heavy atom. The molecule has 0 aliphatic rings. The molecule has 0 radical (unpaired) electrons. The van der Waals surface area contributed by atoms with Gasteiger partial charge in [0, 0.05) is 24.6 Å². The average Bonchev–Trinajstić information content (AvgIpc) is 2.58. The second kappa shape index (κ2) is 8.58. The molecule has 0 aliphatic heterocycles. The lowest BCUT2D eigenvalue weighted by atomic mass is 9.96. The number of thioether (sulfide) groups is 1. The fraction of sp³-hybridized carbons (Fsp3) is 0.333. The Bertz CT molecular complexity index is 634. The number of aromatic nitrogens is 1. The van der Waals surface area contributed by atoms with E-state index >= 15 is 0 Å². The lowest BCUT2D eigenvalue weighted by Crippen LogP contribution is -2.35. The molecule has 122 valence electrons. The van der Waals surface area contributed by atoms with Crippen LogP contribution >= 0.6 is 11.8 Å². The molecular weight excluding hydrogens is 308 g/mol. The number of amides is 1. The van der Waals surface area contributed by atoms with Crippen molar-refractivity contribution in [3.63, 3.8) is 0 Å². The summed E-state index contributed by atoms with van der Waals surface area (Å²) in [4.78, 5) is 12.3. The summed E-state index contributed by atoms with van der Waals surface area (Å²) < 4.78 is 0.785. The van der Waals surface area contributed by atoms with Crippen LogP contribution in [0.3, 0.4) is 0 Å². The molecular formula is C18H22N2O2S. The van der Waals surface area contributed by atoms with Crippen LogP contribution in [0.25, 0.3) is 0 Å². The summed E-state index contributed by atoms with van der Waals surface area (Å²) in [6, 6.07) is 15.4. The van der Waals surface area contributed by atoms with Crippen LogP contribution in [0.2, 0.25) is 0 Å². The first-order valence-electron chi connectivity index (χ1n) is 7.79. The van der Waals surface area contributed by atoms with E-state index in [1.807, 2.05) is 25.1 Å². The summed E-state index contributed by atoms with van der Waals surface area (Å²) in [5.41, 5.74) is 1.23. The molecule has 0 fully saturated rings. The summed E-state index contributed by atoms with van der Waals surface area (Å²) in [5.74, 6) is 0.256. The van der Waals surface area contributed by atoms with Crippen LogP contribution in [0, 0.1) is 5.21 Å². The highest BCUT2D eigenvalue weighted by Gasteiger charge is 2.19. The van der Waals surface area contributed by atoms with Crippen molar-refractivity contribution in [1.29, 1.82) is 0 Å². The van der Waals surface area contributed by atoms with Gasteiger partial charge in [-0.1, -0.05) is 37.3 Å². The van der Waals surface area contributed by atoms with Crippen LogP contribution in [-0.4, -0.2) is 17.7 Å². The minimum Gasteiger partial charge on any atom is -0.618 e. The highest BCUT2D eigenvalue weighted by Crippen LogP contribution is 2.21. The number of nitrogens with one attached hydrogen (secondary N) is 1. The molecule has 0 aliphatic carbocycles. The zero-order valence-electron chi connectivity index (χ0n) is 13.4.